The van der Waals surface area contributed by atoms with E-state index >= 15 is 0 Å². The second-order valence-electron chi connectivity index (χ2n) is 8.41. The third-order valence-corrected chi connectivity index (χ3v) is 6.48. The monoisotopic (exact) mass is 382 g/mol. The number of carbonyl (C=O) groups excluding carboxylic acids is 2. The fourth-order valence-electron chi connectivity index (χ4n) is 4.82. The summed E-state index contributed by atoms with van der Waals surface area (Å²) in [6.45, 7) is 5.19. The Hall–Kier alpha value is -2.21. The van der Waals surface area contributed by atoms with Crippen LogP contribution in [0.3, 0.4) is 0 Å². The standard InChI is InChI=1S/C22H30N4O2/c27-20-17-22(8-2-3-9-22)18-21(28)26(20)12-6-5-11-24-13-15-25(16-14-24)19-7-1-4-10-23-19/h1,4-7,10H,2-3,8-9,11-18H2/b6-5+. The van der Waals surface area contributed by atoms with Crippen LogP contribution in [0.2, 0.25) is 0 Å². The van der Waals surface area contributed by atoms with Gasteiger partial charge in [0.2, 0.25) is 11.8 Å². The van der Waals surface area contributed by atoms with Crippen LogP contribution >= 0.6 is 0 Å². The SMILES string of the molecule is O=C1CC2(CCCC2)CC(=O)N1C/C=C/CN1CCN(c2ccccn2)CC1. The predicted molar refractivity (Wildman–Crippen MR) is 109 cm³/mol. The molecule has 0 radical (unpaired) electrons. The van der Waals surface area contributed by atoms with E-state index < -0.39 is 0 Å². The van der Waals surface area contributed by atoms with Crippen LogP contribution < -0.4 is 4.90 Å². The maximum absolute atomic E-state index is 12.5. The number of rotatable bonds is 5. The highest BCUT2D eigenvalue weighted by Crippen LogP contribution is 2.46. The number of amides is 2. The van der Waals surface area contributed by atoms with E-state index in [0.29, 0.717) is 19.4 Å². The van der Waals surface area contributed by atoms with E-state index in [9.17, 15) is 9.59 Å². The second-order valence-corrected chi connectivity index (χ2v) is 8.41. The highest BCUT2D eigenvalue weighted by atomic mass is 16.2. The average Bonchev–Trinajstić information content (AvgIpc) is 3.15. The van der Waals surface area contributed by atoms with Gasteiger partial charge in [0.1, 0.15) is 5.82 Å². The highest BCUT2D eigenvalue weighted by molar-refractivity contribution is 5.98. The van der Waals surface area contributed by atoms with E-state index in [1.54, 1.807) is 0 Å². The van der Waals surface area contributed by atoms with E-state index in [4.69, 9.17) is 0 Å². The topological polar surface area (TPSA) is 56.8 Å². The van der Waals surface area contributed by atoms with Crippen LogP contribution in [0.25, 0.3) is 0 Å². The number of hydrogen-bond donors (Lipinski definition) is 0. The van der Waals surface area contributed by atoms with Crippen LogP contribution in [-0.4, -0.2) is 65.9 Å². The van der Waals surface area contributed by atoms with Gasteiger partial charge in [0.15, 0.2) is 0 Å². The fraction of sp³-hybridized carbons (Fsp3) is 0.591. The molecular weight excluding hydrogens is 352 g/mol. The van der Waals surface area contributed by atoms with Crippen molar-refractivity contribution in [2.75, 3.05) is 44.2 Å². The summed E-state index contributed by atoms with van der Waals surface area (Å²) < 4.78 is 0. The Labute approximate surface area is 167 Å². The summed E-state index contributed by atoms with van der Waals surface area (Å²) in [4.78, 5) is 35.5. The summed E-state index contributed by atoms with van der Waals surface area (Å²) in [5.41, 5.74) is -0.0122. The van der Waals surface area contributed by atoms with Gasteiger partial charge in [-0.2, -0.15) is 0 Å². The largest absolute Gasteiger partial charge is 0.354 e. The molecule has 6 nitrogen and oxygen atoms in total. The van der Waals surface area contributed by atoms with Gasteiger partial charge in [-0.05, 0) is 30.4 Å². The molecule has 2 amide bonds. The molecule has 3 fully saturated rings. The van der Waals surface area contributed by atoms with E-state index in [1.165, 1.54) is 4.90 Å². The minimum absolute atomic E-state index is 0.0122. The van der Waals surface area contributed by atoms with Gasteiger partial charge in [-0.3, -0.25) is 19.4 Å². The Bertz CT molecular complexity index is 699. The molecule has 1 aliphatic carbocycles. The Balaban J connectivity index is 1.21. The van der Waals surface area contributed by atoms with Gasteiger partial charge in [-0.25, -0.2) is 4.98 Å². The number of pyridine rings is 1. The van der Waals surface area contributed by atoms with Gasteiger partial charge in [-0.15, -0.1) is 0 Å². The normalized spacial score (nSPS) is 23.3. The van der Waals surface area contributed by atoms with Gasteiger partial charge < -0.3 is 4.90 Å². The summed E-state index contributed by atoms with van der Waals surface area (Å²) in [5.74, 6) is 1.08. The Morgan fingerprint density at radius 2 is 1.61 bits per heavy atom. The van der Waals surface area contributed by atoms with E-state index in [2.05, 4.69) is 26.9 Å². The first-order chi connectivity index (χ1) is 13.7. The van der Waals surface area contributed by atoms with Crippen LogP contribution in [0.1, 0.15) is 38.5 Å². The minimum atomic E-state index is -0.0122. The second kappa shape index (κ2) is 8.43. The fourth-order valence-corrected chi connectivity index (χ4v) is 4.82. The molecule has 0 N–H and O–H groups in total. The number of carbonyl (C=O) groups is 2. The number of hydrogen-bond acceptors (Lipinski definition) is 5. The quantitative estimate of drug-likeness (QED) is 0.578. The minimum Gasteiger partial charge on any atom is -0.354 e. The molecule has 28 heavy (non-hydrogen) atoms. The van der Waals surface area contributed by atoms with Crippen LogP contribution in [0, 0.1) is 5.41 Å². The van der Waals surface area contributed by atoms with Crippen LogP contribution in [-0.2, 0) is 9.59 Å². The van der Waals surface area contributed by atoms with Crippen molar-refractivity contribution < 1.29 is 9.59 Å². The molecule has 150 valence electrons. The Morgan fingerprint density at radius 1 is 0.929 bits per heavy atom. The Morgan fingerprint density at radius 3 is 2.25 bits per heavy atom. The molecule has 3 heterocycles. The summed E-state index contributed by atoms with van der Waals surface area (Å²) in [6, 6.07) is 6.02. The van der Waals surface area contributed by atoms with Gasteiger partial charge in [0.05, 0.1) is 0 Å². The van der Waals surface area contributed by atoms with Gasteiger partial charge in [-0.1, -0.05) is 31.1 Å². The van der Waals surface area contributed by atoms with Crippen molar-refractivity contribution in [2.45, 2.75) is 38.5 Å². The highest BCUT2D eigenvalue weighted by Gasteiger charge is 2.44. The molecule has 0 aromatic carbocycles. The van der Waals surface area contributed by atoms with Gasteiger partial charge in [0, 0.05) is 58.3 Å². The number of aromatic nitrogens is 1. The number of anilines is 1. The molecule has 0 atom stereocenters. The molecular formula is C22H30N4O2. The van der Waals surface area contributed by atoms with Crippen molar-refractivity contribution in [2.24, 2.45) is 5.41 Å². The number of piperidine rings is 1. The van der Waals surface area contributed by atoms with Crippen molar-refractivity contribution >= 4 is 17.6 Å². The van der Waals surface area contributed by atoms with Crippen molar-refractivity contribution in [3.63, 3.8) is 0 Å². The third kappa shape index (κ3) is 4.27. The van der Waals surface area contributed by atoms with Gasteiger partial charge in [0.25, 0.3) is 0 Å². The lowest BCUT2D eigenvalue weighted by Gasteiger charge is -2.37. The first-order valence-corrected chi connectivity index (χ1v) is 10.5. The van der Waals surface area contributed by atoms with Crippen LogP contribution in [0.4, 0.5) is 5.82 Å². The maximum Gasteiger partial charge on any atom is 0.230 e. The molecule has 0 bridgehead atoms. The molecule has 1 aromatic rings. The maximum atomic E-state index is 12.5. The molecule has 1 aromatic heterocycles. The van der Waals surface area contributed by atoms with Crippen LogP contribution in [0.5, 0.6) is 0 Å². The number of nitrogens with zero attached hydrogens (tertiary/aromatic N) is 4. The Kier molecular flexibility index (Phi) is 5.76. The summed E-state index contributed by atoms with van der Waals surface area (Å²) in [7, 11) is 0. The average molecular weight is 383 g/mol. The first kappa shape index (κ1) is 19.1. The summed E-state index contributed by atoms with van der Waals surface area (Å²) in [5, 5.41) is 0. The molecule has 1 spiro atoms. The van der Waals surface area contributed by atoms with E-state index in [1.807, 2.05) is 24.4 Å². The van der Waals surface area contributed by atoms with E-state index in [-0.39, 0.29) is 17.2 Å². The predicted octanol–water partition coefficient (Wildman–Crippen LogP) is 2.47. The summed E-state index contributed by atoms with van der Waals surface area (Å²) >= 11 is 0. The lowest BCUT2D eigenvalue weighted by molar-refractivity contribution is -0.152. The van der Waals surface area contributed by atoms with Crippen LogP contribution in [0.15, 0.2) is 36.5 Å². The molecule has 0 unspecified atom stereocenters. The molecule has 2 saturated heterocycles. The number of likely N-dealkylation sites (tertiary alicyclic amines) is 1. The molecule has 6 heteroatoms. The zero-order valence-electron chi connectivity index (χ0n) is 16.6. The first-order valence-electron chi connectivity index (χ1n) is 10.5. The zero-order chi connectivity index (χ0) is 19.4. The lowest BCUT2D eigenvalue weighted by Crippen LogP contribution is -2.47. The smallest absolute Gasteiger partial charge is 0.230 e. The van der Waals surface area contributed by atoms with E-state index in [0.717, 1.165) is 64.2 Å². The van der Waals surface area contributed by atoms with Gasteiger partial charge >= 0.3 is 0 Å². The van der Waals surface area contributed by atoms with Crippen molar-refractivity contribution in [1.29, 1.82) is 0 Å². The van der Waals surface area contributed by atoms with Crippen molar-refractivity contribution in [3.8, 4) is 0 Å². The molecule has 3 aliphatic rings. The summed E-state index contributed by atoms with van der Waals surface area (Å²) in [6.07, 6.45) is 11.4. The molecule has 2 aliphatic heterocycles. The van der Waals surface area contributed by atoms with Crippen molar-refractivity contribution in [3.05, 3.63) is 36.5 Å². The third-order valence-electron chi connectivity index (χ3n) is 6.48. The number of imide groups is 1. The zero-order valence-corrected chi connectivity index (χ0v) is 16.6. The molecule has 4 rings (SSSR count). The number of piperazine rings is 1. The lowest BCUT2D eigenvalue weighted by atomic mass is 9.76. The van der Waals surface area contributed by atoms with Crippen molar-refractivity contribution in [1.82, 2.24) is 14.8 Å². The molecule has 1 saturated carbocycles.